The minimum absolute atomic E-state index is 0.0183. The van der Waals surface area contributed by atoms with E-state index in [0.717, 1.165) is 7.11 Å². The van der Waals surface area contributed by atoms with Crippen LogP contribution in [0.15, 0.2) is 21.5 Å². The number of aliphatic hydroxyl groups excluding tert-OH is 1. The number of esters is 1. The molecule has 9 heteroatoms. The topological polar surface area (TPSA) is 119 Å². The molecule has 1 unspecified atom stereocenters. The van der Waals surface area contributed by atoms with Crippen molar-refractivity contribution in [3.05, 3.63) is 22.2 Å². The van der Waals surface area contributed by atoms with Crippen molar-refractivity contribution < 1.29 is 23.1 Å². The summed E-state index contributed by atoms with van der Waals surface area (Å²) < 4.78 is 31.2. The number of aliphatic hydroxyl groups is 1. The van der Waals surface area contributed by atoms with Crippen LogP contribution < -0.4 is 10.5 Å². The maximum absolute atomic E-state index is 12.1. The lowest BCUT2D eigenvalue weighted by molar-refractivity contribution is -0.149. The van der Waals surface area contributed by atoms with Crippen LogP contribution in [0.1, 0.15) is 5.56 Å². The number of halogens is 1. The summed E-state index contributed by atoms with van der Waals surface area (Å²) in [5.74, 6) is -0.917. The third-order valence-electron chi connectivity index (χ3n) is 2.52. The number of nitrogens with one attached hydrogen (secondary N) is 1. The molecule has 1 aromatic carbocycles. The molecule has 1 aromatic rings. The third kappa shape index (κ3) is 3.92. The fourth-order valence-corrected chi connectivity index (χ4v) is 3.20. The van der Waals surface area contributed by atoms with Crippen molar-refractivity contribution in [2.24, 2.45) is 0 Å². The van der Waals surface area contributed by atoms with Crippen molar-refractivity contribution in [2.75, 3.05) is 19.4 Å². The van der Waals surface area contributed by atoms with Crippen LogP contribution in [-0.4, -0.2) is 39.3 Å². The minimum Gasteiger partial charge on any atom is -0.467 e. The van der Waals surface area contributed by atoms with Crippen molar-refractivity contribution >= 4 is 37.6 Å². The van der Waals surface area contributed by atoms with Crippen LogP contribution >= 0.6 is 15.9 Å². The summed E-state index contributed by atoms with van der Waals surface area (Å²) in [5, 5.41) is 9.36. The number of ether oxygens (including phenoxy) is 1. The second-order valence-electron chi connectivity index (χ2n) is 4.03. The average Bonchev–Trinajstić information content (AvgIpc) is 2.39. The summed E-state index contributed by atoms with van der Waals surface area (Å²) in [6.45, 7) is 1.12. The summed E-state index contributed by atoms with van der Waals surface area (Å²) in [5.41, 5.74) is 6.40. The molecule has 0 bridgehead atoms. The predicted octanol–water partition coefficient (Wildman–Crippen LogP) is 0.152. The summed E-state index contributed by atoms with van der Waals surface area (Å²) in [6, 6.07) is 2.87. The highest BCUT2D eigenvalue weighted by Crippen LogP contribution is 2.26. The van der Waals surface area contributed by atoms with Gasteiger partial charge in [0.25, 0.3) is 0 Å². The predicted molar refractivity (Wildman–Crippen MR) is 76.5 cm³/mol. The average molecular weight is 367 g/mol. The molecule has 0 spiro atoms. The highest BCUT2D eigenvalue weighted by molar-refractivity contribution is 9.10. The summed E-state index contributed by atoms with van der Waals surface area (Å²) in [4.78, 5) is 11.0. The van der Waals surface area contributed by atoms with Crippen molar-refractivity contribution in [3.63, 3.8) is 0 Å². The van der Waals surface area contributed by atoms with Gasteiger partial charge in [-0.2, -0.15) is 0 Å². The van der Waals surface area contributed by atoms with E-state index in [2.05, 4.69) is 25.4 Å². The third-order valence-corrected chi connectivity index (χ3v) is 4.78. The van der Waals surface area contributed by atoms with Gasteiger partial charge >= 0.3 is 5.97 Å². The first kappa shape index (κ1) is 16.9. The Morgan fingerprint density at radius 3 is 2.70 bits per heavy atom. The maximum Gasteiger partial charge on any atom is 0.336 e. The second kappa shape index (κ2) is 6.53. The monoisotopic (exact) mass is 366 g/mol. The molecule has 0 aliphatic carbocycles. The van der Waals surface area contributed by atoms with E-state index in [0.29, 0.717) is 10.0 Å². The smallest absolute Gasteiger partial charge is 0.336 e. The number of methoxy groups -OCH3 is 1. The number of carbonyl (C=O) groups is 1. The highest BCUT2D eigenvalue weighted by Gasteiger charge is 2.22. The normalized spacial score (nSPS) is 13.0. The molecule has 20 heavy (non-hydrogen) atoms. The first-order valence-corrected chi connectivity index (χ1v) is 7.78. The number of rotatable bonds is 5. The number of sulfonamides is 1. The number of hydrogen-bond acceptors (Lipinski definition) is 6. The fourth-order valence-electron chi connectivity index (χ4n) is 1.44. The first-order valence-electron chi connectivity index (χ1n) is 5.50. The molecule has 4 N–H and O–H groups in total. The summed E-state index contributed by atoms with van der Waals surface area (Å²) in [6.07, 6.45) is -1.57. The van der Waals surface area contributed by atoms with Crippen LogP contribution in [0, 0.1) is 6.92 Å². The van der Waals surface area contributed by atoms with E-state index in [1.807, 2.05) is 0 Å². The second-order valence-corrected chi connectivity index (χ2v) is 6.62. The van der Waals surface area contributed by atoms with Crippen molar-refractivity contribution in [1.29, 1.82) is 0 Å². The van der Waals surface area contributed by atoms with Crippen molar-refractivity contribution in [1.82, 2.24) is 4.72 Å². The molecule has 1 rings (SSSR count). The SMILES string of the molecule is COC(=O)C(O)CNS(=O)(=O)c1cc(N)c(Br)cc1C. The zero-order valence-corrected chi connectivity index (χ0v) is 13.3. The lowest BCUT2D eigenvalue weighted by Crippen LogP contribution is -2.37. The zero-order chi connectivity index (χ0) is 15.5. The van der Waals surface area contributed by atoms with Crippen LogP contribution in [0.2, 0.25) is 0 Å². The Morgan fingerprint density at radius 1 is 1.55 bits per heavy atom. The lowest BCUT2D eigenvalue weighted by Gasteiger charge is -2.13. The minimum atomic E-state index is -3.89. The summed E-state index contributed by atoms with van der Waals surface area (Å²) in [7, 11) is -2.79. The van der Waals surface area contributed by atoms with E-state index in [9.17, 15) is 18.3 Å². The van der Waals surface area contributed by atoms with Gasteiger partial charge in [-0.3, -0.25) is 0 Å². The standard InChI is InChI=1S/C11H15BrN2O5S/c1-6-3-7(12)8(13)4-10(6)20(17,18)14-5-9(15)11(16)19-2/h3-4,9,14-15H,5,13H2,1-2H3. The van der Waals surface area contributed by atoms with Gasteiger partial charge < -0.3 is 15.6 Å². The molecule has 0 aromatic heterocycles. The highest BCUT2D eigenvalue weighted by atomic mass is 79.9. The summed E-state index contributed by atoms with van der Waals surface area (Å²) >= 11 is 3.20. The van der Waals surface area contributed by atoms with E-state index in [1.54, 1.807) is 13.0 Å². The molecule has 1 atom stereocenters. The van der Waals surface area contributed by atoms with Gasteiger partial charge in [0, 0.05) is 16.7 Å². The van der Waals surface area contributed by atoms with E-state index in [-0.39, 0.29) is 10.6 Å². The van der Waals surface area contributed by atoms with Gasteiger partial charge in [0.15, 0.2) is 6.10 Å². The Kier molecular flexibility index (Phi) is 5.51. The maximum atomic E-state index is 12.1. The molecule has 0 heterocycles. The molecule has 0 saturated heterocycles. The molecule has 7 nitrogen and oxygen atoms in total. The van der Waals surface area contributed by atoms with Gasteiger partial charge in [-0.1, -0.05) is 0 Å². The number of nitrogens with two attached hydrogens (primary N) is 1. The molecule has 112 valence electrons. The first-order chi connectivity index (χ1) is 9.19. The van der Waals surface area contributed by atoms with Crippen molar-refractivity contribution in [2.45, 2.75) is 17.9 Å². The van der Waals surface area contributed by atoms with Gasteiger partial charge in [0.2, 0.25) is 10.0 Å². The number of aryl methyl sites for hydroxylation is 1. The molecule has 0 aliphatic heterocycles. The Labute approximate surface area is 125 Å². The van der Waals surface area contributed by atoms with Gasteiger partial charge in [-0.05, 0) is 40.5 Å². The lowest BCUT2D eigenvalue weighted by atomic mass is 10.2. The van der Waals surface area contributed by atoms with Gasteiger partial charge in [0.05, 0.1) is 12.0 Å². The van der Waals surface area contributed by atoms with Crippen LogP contribution in [0.4, 0.5) is 5.69 Å². The molecular weight excluding hydrogens is 352 g/mol. The quantitative estimate of drug-likeness (QED) is 0.504. The molecule has 0 fully saturated rings. The number of carbonyl (C=O) groups excluding carboxylic acids is 1. The van der Waals surface area contributed by atoms with Gasteiger partial charge in [-0.15, -0.1) is 0 Å². The van der Waals surface area contributed by atoms with Crippen LogP contribution in [-0.2, 0) is 19.6 Å². The van der Waals surface area contributed by atoms with Crippen LogP contribution in [0.25, 0.3) is 0 Å². The number of benzene rings is 1. The number of nitrogen functional groups attached to an aromatic ring is 1. The Morgan fingerprint density at radius 2 is 2.15 bits per heavy atom. The van der Waals surface area contributed by atoms with E-state index in [1.165, 1.54) is 6.07 Å². The molecule has 0 saturated carbocycles. The Hall–Kier alpha value is -1.16. The van der Waals surface area contributed by atoms with E-state index >= 15 is 0 Å². The van der Waals surface area contributed by atoms with Crippen LogP contribution in [0.5, 0.6) is 0 Å². The molecule has 0 amide bonds. The molecule has 0 aliphatic rings. The Balaban J connectivity index is 2.95. The number of hydrogen-bond donors (Lipinski definition) is 3. The number of anilines is 1. The fraction of sp³-hybridized carbons (Fsp3) is 0.364. The van der Waals surface area contributed by atoms with Crippen LogP contribution in [0.3, 0.4) is 0 Å². The Bertz CT molecular complexity index is 617. The molecular formula is C11H15BrN2O5S. The van der Waals surface area contributed by atoms with E-state index < -0.39 is 28.6 Å². The zero-order valence-electron chi connectivity index (χ0n) is 10.9. The largest absolute Gasteiger partial charge is 0.467 e. The van der Waals surface area contributed by atoms with Gasteiger partial charge in [-0.25, -0.2) is 17.9 Å². The molecule has 0 radical (unpaired) electrons. The van der Waals surface area contributed by atoms with Crippen molar-refractivity contribution in [3.8, 4) is 0 Å². The van der Waals surface area contributed by atoms with E-state index in [4.69, 9.17) is 5.73 Å². The van der Waals surface area contributed by atoms with Gasteiger partial charge in [0.1, 0.15) is 0 Å².